The molecule has 2 saturated carbocycles. The van der Waals surface area contributed by atoms with E-state index >= 15 is 0 Å². The number of carbonyl (C=O) groups excluding carboxylic acids is 1. The van der Waals surface area contributed by atoms with Crippen molar-refractivity contribution in [1.29, 1.82) is 0 Å². The highest BCUT2D eigenvalue weighted by Gasteiger charge is 2.64. The molecule has 1 aromatic heterocycles. The van der Waals surface area contributed by atoms with E-state index < -0.39 is 0 Å². The Kier molecular flexibility index (Phi) is 6.84. The summed E-state index contributed by atoms with van der Waals surface area (Å²) < 4.78 is 1.89. The van der Waals surface area contributed by atoms with E-state index in [-0.39, 0.29) is 39.6 Å². The van der Waals surface area contributed by atoms with Crippen molar-refractivity contribution < 1.29 is 9.90 Å². The summed E-state index contributed by atoms with van der Waals surface area (Å²) in [6.07, 6.45) is 12.7. The van der Waals surface area contributed by atoms with Crippen molar-refractivity contribution in [1.82, 2.24) is 9.78 Å². The van der Waals surface area contributed by atoms with E-state index in [2.05, 4.69) is 64.8 Å². The highest BCUT2D eigenvalue weighted by atomic mass is 16.3. The number of nitrogens with zero attached hydrogens (tertiary/aromatic N) is 3. The van der Waals surface area contributed by atoms with Crippen LogP contribution in [0.1, 0.15) is 106 Å². The zero-order valence-corrected chi connectivity index (χ0v) is 26.9. The summed E-state index contributed by atoms with van der Waals surface area (Å²) in [7, 11) is 3.94. The first-order valence-electron chi connectivity index (χ1n) is 16.4. The first kappa shape index (κ1) is 29.0. The van der Waals surface area contributed by atoms with Gasteiger partial charge in [-0.25, -0.2) is 0 Å². The van der Waals surface area contributed by atoms with E-state index in [0.717, 1.165) is 55.1 Å². The molecule has 2 fully saturated rings. The van der Waals surface area contributed by atoms with Gasteiger partial charge in [0.1, 0.15) is 0 Å². The van der Waals surface area contributed by atoms with Crippen molar-refractivity contribution in [3.63, 3.8) is 0 Å². The van der Waals surface area contributed by atoms with Crippen LogP contribution < -0.4 is 4.90 Å². The van der Waals surface area contributed by atoms with E-state index in [9.17, 15) is 9.90 Å². The normalized spacial score (nSPS) is 37.0. The van der Waals surface area contributed by atoms with Crippen molar-refractivity contribution in [2.75, 3.05) is 11.9 Å². The maximum Gasteiger partial charge on any atom is 0.230 e. The minimum absolute atomic E-state index is 0.0346. The highest BCUT2D eigenvalue weighted by molar-refractivity contribution is 5.97. The number of aryl methyl sites for hydroxylation is 1. The largest absolute Gasteiger partial charge is 0.393 e. The van der Waals surface area contributed by atoms with Gasteiger partial charge >= 0.3 is 0 Å². The maximum absolute atomic E-state index is 14.4. The average Bonchev–Trinajstić information content (AvgIpc) is 3.45. The third-order valence-electron chi connectivity index (χ3n) is 13.6. The smallest absolute Gasteiger partial charge is 0.230 e. The molecule has 7 atom stereocenters. The minimum Gasteiger partial charge on any atom is -0.393 e. The van der Waals surface area contributed by atoms with Crippen LogP contribution in [-0.4, -0.2) is 33.9 Å². The summed E-state index contributed by atoms with van der Waals surface area (Å²) in [5, 5.41) is 16.5. The van der Waals surface area contributed by atoms with Crippen LogP contribution in [0, 0.1) is 39.4 Å². The first-order valence-corrected chi connectivity index (χ1v) is 16.4. The fourth-order valence-electron chi connectivity index (χ4n) is 10.9. The zero-order chi connectivity index (χ0) is 29.5. The van der Waals surface area contributed by atoms with Gasteiger partial charge in [-0.3, -0.25) is 9.48 Å². The Balaban J connectivity index is 1.33. The molecule has 0 aliphatic heterocycles. The van der Waals surface area contributed by atoms with E-state index in [1.807, 2.05) is 29.9 Å². The second-order valence-electron chi connectivity index (χ2n) is 15.5. The third-order valence-corrected chi connectivity index (χ3v) is 13.6. The molecular weight excluding hydrogens is 506 g/mol. The number of allylic oxidation sites excluding steroid dienone is 2. The number of aromatic nitrogens is 2. The molecule has 1 N–H and O–H groups in total. The molecule has 1 aromatic carbocycles. The Hall–Kier alpha value is -2.14. The Morgan fingerprint density at radius 2 is 1.83 bits per heavy atom. The standard InChI is InChI=1S/C36H53N3O2/c1-9-10-25(32(41)38(7)24-12-11-23-22-37-39(8)29(23)21-24)26-15-19-36(6)28-13-14-30-33(2,3)31(40)17-18-34(30,4)27(28)16-20-35(26,36)5/h11-12,21-22,25-26,30-31,40H,9-10,13-20H2,1-8H3/t25?,26-,30+,31+,34-,35-,36+/m1/s1. The molecule has 4 aliphatic rings. The van der Waals surface area contributed by atoms with Crippen LogP contribution in [-0.2, 0) is 11.8 Å². The maximum atomic E-state index is 14.4. The van der Waals surface area contributed by atoms with Gasteiger partial charge in [-0.1, -0.05) is 59.1 Å². The van der Waals surface area contributed by atoms with E-state index in [4.69, 9.17) is 0 Å². The van der Waals surface area contributed by atoms with Gasteiger partial charge in [0.15, 0.2) is 0 Å². The average molecular weight is 560 g/mol. The van der Waals surface area contributed by atoms with Crippen LogP contribution in [0.3, 0.4) is 0 Å². The molecule has 0 saturated heterocycles. The second-order valence-corrected chi connectivity index (χ2v) is 15.5. The number of aliphatic hydroxyl groups is 1. The van der Waals surface area contributed by atoms with Crippen molar-refractivity contribution in [2.45, 2.75) is 112 Å². The summed E-state index contributed by atoms with van der Waals surface area (Å²) in [6.45, 7) is 14.5. The topological polar surface area (TPSA) is 58.4 Å². The van der Waals surface area contributed by atoms with Gasteiger partial charge < -0.3 is 10.0 Å². The molecule has 0 radical (unpaired) electrons. The quantitative estimate of drug-likeness (QED) is 0.377. The highest BCUT2D eigenvalue weighted by Crippen LogP contribution is 2.72. The Morgan fingerprint density at radius 1 is 1.07 bits per heavy atom. The number of carbonyl (C=O) groups is 1. The number of hydrogen-bond donors (Lipinski definition) is 1. The molecular formula is C36H53N3O2. The van der Waals surface area contributed by atoms with Crippen LogP contribution in [0.5, 0.6) is 0 Å². The van der Waals surface area contributed by atoms with Crippen molar-refractivity contribution in [3.8, 4) is 0 Å². The lowest BCUT2D eigenvalue weighted by Crippen LogP contribution is -2.55. The van der Waals surface area contributed by atoms with Crippen LogP contribution in [0.25, 0.3) is 10.9 Å². The molecule has 1 heterocycles. The zero-order valence-electron chi connectivity index (χ0n) is 26.9. The van der Waals surface area contributed by atoms with Gasteiger partial charge in [0.05, 0.1) is 17.8 Å². The molecule has 5 nitrogen and oxygen atoms in total. The number of anilines is 1. The summed E-state index contributed by atoms with van der Waals surface area (Å²) in [5.41, 5.74) is 5.95. The van der Waals surface area contributed by atoms with Crippen molar-refractivity contribution in [2.24, 2.45) is 46.5 Å². The lowest BCUT2D eigenvalue weighted by molar-refractivity contribution is -0.127. The first-order chi connectivity index (χ1) is 19.3. The number of aliphatic hydroxyl groups excluding tert-OH is 1. The summed E-state index contributed by atoms with van der Waals surface area (Å²) in [4.78, 5) is 16.3. The summed E-state index contributed by atoms with van der Waals surface area (Å²) in [6, 6.07) is 6.27. The van der Waals surface area contributed by atoms with Crippen LogP contribution in [0.4, 0.5) is 5.69 Å². The molecule has 1 unspecified atom stereocenters. The van der Waals surface area contributed by atoms with E-state index in [1.54, 1.807) is 11.1 Å². The van der Waals surface area contributed by atoms with Gasteiger partial charge in [-0.15, -0.1) is 0 Å². The fourth-order valence-corrected chi connectivity index (χ4v) is 10.9. The van der Waals surface area contributed by atoms with Gasteiger partial charge in [0.2, 0.25) is 5.91 Å². The monoisotopic (exact) mass is 559 g/mol. The molecule has 6 rings (SSSR count). The van der Waals surface area contributed by atoms with Crippen LogP contribution in [0.15, 0.2) is 35.5 Å². The molecule has 1 amide bonds. The minimum atomic E-state index is -0.195. The molecule has 5 heteroatoms. The third kappa shape index (κ3) is 3.96. The molecule has 2 aromatic rings. The van der Waals surface area contributed by atoms with Crippen molar-refractivity contribution in [3.05, 3.63) is 35.5 Å². The summed E-state index contributed by atoms with van der Waals surface area (Å²) in [5.74, 6) is 1.26. The SMILES string of the molecule is CCCC(C(=O)N(C)c1ccc2cnn(C)c2c1)[C@H]1CC[C@@]2(C)C3=C(CC[C@]12C)[C@@]1(C)CC[C@H](O)C(C)(C)[C@@H]1CC3. The van der Waals surface area contributed by atoms with Crippen LogP contribution in [0.2, 0.25) is 0 Å². The lowest BCUT2D eigenvalue weighted by Gasteiger charge is -2.62. The predicted molar refractivity (Wildman–Crippen MR) is 168 cm³/mol. The predicted octanol–water partition coefficient (Wildman–Crippen LogP) is 8.06. The number of fused-ring (bicyclic) bond motifs is 5. The van der Waals surface area contributed by atoms with Crippen molar-refractivity contribution >= 4 is 22.5 Å². The molecule has 0 spiro atoms. The molecule has 224 valence electrons. The van der Waals surface area contributed by atoms with Crippen LogP contribution >= 0.6 is 0 Å². The molecule has 41 heavy (non-hydrogen) atoms. The number of benzene rings is 1. The van der Waals surface area contributed by atoms with Gasteiger partial charge in [-0.2, -0.15) is 5.10 Å². The Bertz CT molecular complexity index is 1390. The van der Waals surface area contributed by atoms with E-state index in [0.29, 0.717) is 11.8 Å². The van der Waals surface area contributed by atoms with Gasteiger partial charge in [0.25, 0.3) is 0 Å². The lowest BCUT2D eigenvalue weighted by atomic mass is 9.43. The number of amides is 1. The number of rotatable bonds is 5. The summed E-state index contributed by atoms with van der Waals surface area (Å²) >= 11 is 0. The van der Waals surface area contributed by atoms with Gasteiger partial charge in [0, 0.05) is 31.1 Å². The molecule has 4 aliphatic carbocycles. The Morgan fingerprint density at radius 3 is 2.56 bits per heavy atom. The Labute approximate surface area is 247 Å². The molecule has 0 bridgehead atoms. The number of hydrogen-bond acceptors (Lipinski definition) is 3. The fraction of sp³-hybridized carbons (Fsp3) is 0.722. The van der Waals surface area contributed by atoms with E-state index in [1.165, 1.54) is 25.7 Å². The van der Waals surface area contributed by atoms with Gasteiger partial charge in [-0.05, 0) is 109 Å². The second kappa shape index (κ2) is 9.69.